The van der Waals surface area contributed by atoms with Gasteiger partial charge in [-0.15, -0.1) is 0 Å². The first kappa shape index (κ1) is 14.8. The van der Waals surface area contributed by atoms with Gasteiger partial charge < -0.3 is 19.1 Å². The smallest absolute Gasteiger partial charge is 0.410 e. The number of nitrogens with zero attached hydrogens (tertiary/aromatic N) is 2. The third-order valence-corrected chi connectivity index (χ3v) is 5.01. The number of hydrogen-bond donors (Lipinski definition) is 0. The van der Waals surface area contributed by atoms with Crippen LogP contribution in [0.1, 0.15) is 32.1 Å². The molecule has 1 amide bonds. The van der Waals surface area contributed by atoms with E-state index in [2.05, 4.69) is 4.98 Å². The Balaban J connectivity index is 1.37. The van der Waals surface area contributed by atoms with Gasteiger partial charge in [-0.05, 0) is 25.0 Å². The number of rotatable bonds is 3. The Morgan fingerprint density at radius 1 is 1.13 bits per heavy atom. The summed E-state index contributed by atoms with van der Waals surface area (Å²) < 4.78 is 16.9. The maximum Gasteiger partial charge on any atom is 0.410 e. The van der Waals surface area contributed by atoms with Crippen molar-refractivity contribution in [3.8, 4) is 5.75 Å². The van der Waals surface area contributed by atoms with Gasteiger partial charge in [0.25, 0.3) is 0 Å². The lowest BCUT2D eigenvalue weighted by Crippen LogP contribution is -2.50. The van der Waals surface area contributed by atoms with Gasteiger partial charge in [0, 0.05) is 43.7 Å². The third-order valence-electron chi connectivity index (χ3n) is 5.01. The molecule has 6 heteroatoms. The summed E-state index contributed by atoms with van der Waals surface area (Å²) in [6.45, 7) is 1.22. The van der Waals surface area contributed by atoms with E-state index in [0.717, 1.165) is 37.9 Å². The SMILES string of the molecule is O=C(OC1CCOC1)N1C2CCC1CC(Oc1ccncc1)C2. The van der Waals surface area contributed by atoms with Crippen molar-refractivity contribution in [1.82, 2.24) is 9.88 Å². The van der Waals surface area contributed by atoms with E-state index in [0.29, 0.717) is 13.2 Å². The van der Waals surface area contributed by atoms with E-state index < -0.39 is 0 Å². The highest BCUT2D eigenvalue weighted by molar-refractivity contribution is 5.69. The van der Waals surface area contributed by atoms with Gasteiger partial charge in [0.2, 0.25) is 0 Å². The summed E-state index contributed by atoms with van der Waals surface area (Å²) in [4.78, 5) is 18.4. The molecular formula is C17H22N2O4. The van der Waals surface area contributed by atoms with Crippen LogP contribution in [0.3, 0.4) is 0 Å². The fourth-order valence-electron chi connectivity index (χ4n) is 3.94. The summed E-state index contributed by atoms with van der Waals surface area (Å²) in [7, 11) is 0. The van der Waals surface area contributed by atoms with Gasteiger partial charge in [-0.1, -0.05) is 0 Å². The van der Waals surface area contributed by atoms with Crippen LogP contribution in [0.25, 0.3) is 0 Å². The van der Waals surface area contributed by atoms with E-state index in [1.807, 2.05) is 17.0 Å². The van der Waals surface area contributed by atoms with Crippen molar-refractivity contribution < 1.29 is 19.0 Å². The molecule has 3 aliphatic heterocycles. The maximum absolute atomic E-state index is 12.5. The van der Waals surface area contributed by atoms with Crippen LogP contribution in [0.5, 0.6) is 5.75 Å². The number of carbonyl (C=O) groups is 1. The van der Waals surface area contributed by atoms with E-state index in [1.54, 1.807) is 12.4 Å². The van der Waals surface area contributed by atoms with Gasteiger partial charge in [-0.25, -0.2) is 4.79 Å². The summed E-state index contributed by atoms with van der Waals surface area (Å²) in [6.07, 6.45) is 8.01. The first-order valence-electron chi connectivity index (χ1n) is 8.43. The van der Waals surface area contributed by atoms with Gasteiger partial charge in [0.1, 0.15) is 18.0 Å². The number of hydrogen-bond acceptors (Lipinski definition) is 5. The monoisotopic (exact) mass is 318 g/mol. The van der Waals surface area contributed by atoms with E-state index >= 15 is 0 Å². The zero-order valence-corrected chi connectivity index (χ0v) is 13.1. The van der Waals surface area contributed by atoms with Crippen molar-refractivity contribution in [1.29, 1.82) is 0 Å². The highest BCUT2D eigenvalue weighted by Gasteiger charge is 2.45. The zero-order chi connectivity index (χ0) is 15.6. The molecule has 124 valence electrons. The van der Waals surface area contributed by atoms with Crippen molar-refractivity contribution in [2.75, 3.05) is 13.2 Å². The minimum Gasteiger partial charge on any atom is -0.490 e. The second kappa shape index (κ2) is 6.35. The Morgan fingerprint density at radius 3 is 2.52 bits per heavy atom. The summed E-state index contributed by atoms with van der Waals surface area (Å²) >= 11 is 0. The van der Waals surface area contributed by atoms with Crippen molar-refractivity contribution in [3.63, 3.8) is 0 Å². The Bertz CT molecular complexity index is 533. The van der Waals surface area contributed by atoms with Crippen LogP contribution in [0.15, 0.2) is 24.5 Å². The number of piperidine rings is 1. The molecule has 0 radical (unpaired) electrons. The molecule has 3 saturated heterocycles. The minimum atomic E-state index is -0.171. The van der Waals surface area contributed by atoms with Crippen LogP contribution in [-0.4, -0.2) is 53.5 Å². The Kier molecular flexibility index (Phi) is 4.08. The van der Waals surface area contributed by atoms with Crippen molar-refractivity contribution in [2.24, 2.45) is 0 Å². The second-order valence-corrected chi connectivity index (χ2v) is 6.56. The number of pyridine rings is 1. The first-order chi connectivity index (χ1) is 11.3. The number of fused-ring (bicyclic) bond motifs is 2. The van der Waals surface area contributed by atoms with E-state index in [9.17, 15) is 4.79 Å². The molecule has 3 fully saturated rings. The molecule has 0 aliphatic carbocycles. The largest absolute Gasteiger partial charge is 0.490 e. The Labute approximate surface area is 135 Å². The van der Waals surface area contributed by atoms with Gasteiger partial charge in [-0.2, -0.15) is 0 Å². The molecule has 0 saturated carbocycles. The average molecular weight is 318 g/mol. The molecule has 0 spiro atoms. The summed E-state index contributed by atoms with van der Waals surface area (Å²) in [5, 5.41) is 0. The van der Waals surface area contributed by atoms with Gasteiger partial charge in [-0.3, -0.25) is 4.98 Å². The quantitative estimate of drug-likeness (QED) is 0.856. The highest BCUT2D eigenvalue weighted by atomic mass is 16.6. The molecule has 1 aromatic rings. The molecule has 0 aromatic carbocycles. The molecule has 2 bridgehead atoms. The molecule has 3 atom stereocenters. The lowest BCUT2D eigenvalue weighted by Gasteiger charge is -2.38. The minimum absolute atomic E-state index is 0.0762. The van der Waals surface area contributed by atoms with Crippen LogP contribution in [-0.2, 0) is 9.47 Å². The Morgan fingerprint density at radius 2 is 1.87 bits per heavy atom. The van der Waals surface area contributed by atoms with Gasteiger partial charge >= 0.3 is 6.09 Å². The molecule has 1 aromatic heterocycles. The normalized spacial score (nSPS) is 32.8. The summed E-state index contributed by atoms with van der Waals surface area (Å²) in [5.41, 5.74) is 0. The van der Waals surface area contributed by atoms with Crippen LogP contribution < -0.4 is 4.74 Å². The topological polar surface area (TPSA) is 60.9 Å². The molecule has 4 rings (SSSR count). The molecule has 0 N–H and O–H groups in total. The van der Waals surface area contributed by atoms with E-state index in [1.165, 1.54) is 0 Å². The van der Waals surface area contributed by atoms with Crippen molar-refractivity contribution in [2.45, 2.75) is 56.4 Å². The lowest BCUT2D eigenvalue weighted by atomic mass is 10.0. The number of carbonyl (C=O) groups excluding carboxylic acids is 1. The van der Waals surface area contributed by atoms with Crippen molar-refractivity contribution >= 4 is 6.09 Å². The fraction of sp³-hybridized carbons (Fsp3) is 0.647. The third kappa shape index (κ3) is 3.13. The van der Waals surface area contributed by atoms with E-state index in [4.69, 9.17) is 14.2 Å². The predicted molar refractivity (Wildman–Crippen MR) is 82.2 cm³/mol. The molecular weight excluding hydrogens is 296 g/mol. The van der Waals surface area contributed by atoms with Crippen molar-refractivity contribution in [3.05, 3.63) is 24.5 Å². The van der Waals surface area contributed by atoms with Crippen LogP contribution >= 0.6 is 0 Å². The molecule has 23 heavy (non-hydrogen) atoms. The van der Waals surface area contributed by atoms with E-state index in [-0.39, 0.29) is 30.4 Å². The summed E-state index contributed by atoms with van der Waals surface area (Å²) in [6, 6.07) is 4.22. The zero-order valence-electron chi connectivity index (χ0n) is 13.1. The maximum atomic E-state index is 12.5. The number of aromatic nitrogens is 1. The molecule has 3 aliphatic rings. The highest BCUT2D eigenvalue weighted by Crippen LogP contribution is 2.38. The first-order valence-corrected chi connectivity index (χ1v) is 8.43. The number of ether oxygens (including phenoxy) is 3. The predicted octanol–water partition coefficient (Wildman–Crippen LogP) is 2.38. The standard InChI is InChI=1S/C17H22N2O4/c20-17(23-15-5-8-21-11-15)19-12-1-2-13(19)10-16(9-12)22-14-3-6-18-7-4-14/h3-4,6-7,12-13,15-16H,1-2,5,8-11H2. The van der Waals surface area contributed by atoms with Gasteiger partial charge in [0.05, 0.1) is 13.2 Å². The second-order valence-electron chi connectivity index (χ2n) is 6.56. The van der Waals surface area contributed by atoms with Crippen LogP contribution in [0.4, 0.5) is 4.79 Å². The average Bonchev–Trinajstić information content (AvgIpc) is 3.15. The molecule has 4 heterocycles. The van der Waals surface area contributed by atoms with Gasteiger partial charge in [0.15, 0.2) is 0 Å². The van der Waals surface area contributed by atoms with Crippen LogP contribution in [0, 0.1) is 0 Å². The molecule has 3 unspecified atom stereocenters. The van der Waals surface area contributed by atoms with Crippen LogP contribution in [0.2, 0.25) is 0 Å². The number of amides is 1. The summed E-state index contributed by atoms with van der Waals surface area (Å²) in [5.74, 6) is 0.850. The Hall–Kier alpha value is -1.82. The molecule has 6 nitrogen and oxygen atoms in total. The lowest BCUT2D eigenvalue weighted by molar-refractivity contribution is 0.0126. The fourth-order valence-corrected chi connectivity index (χ4v) is 3.94.